The average molecular weight is 331 g/mol. The lowest BCUT2D eigenvalue weighted by molar-refractivity contribution is 0.144. The zero-order chi connectivity index (χ0) is 15.8. The highest BCUT2D eigenvalue weighted by Gasteiger charge is 2.28. The van der Waals surface area contributed by atoms with Gasteiger partial charge in [-0.1, -0.05) is 6.92 Å². The Morgan fingerprint density at radius 2 is 2.35 bits per heavy atom. The third-order valence-corrected chi connectivity index (χ3v) is 6.18. The van der Waals surface area contributed by atoms with Gasteiger partial charge in [0.05, 0.1) is 18.3 Å². The van der Waals surface area contributed by atoms with Gasteiger partial charge in [-0.05, 0) is 25.2 Å². The first-order chi connectivity index (χ1) is 11.2. The minimum atomic E-state index is 0.337. The lowest BCUT2D eigenvalue weighted by Crippen LogP contribution is -2.46. The van der Waals surface area contributed by atoms with Crippen molar-refractivity contribution in [1.29, 1.82) is 0 Å². The summed E-state index contributed by atoms with van der Waals surface area (Å²) in [5.41, 5.74) is 1.37. The van der Waals surface area contributed by atoms with Gasteiger partial charge >= 0.3 is 0 Å². The van der Waals surface area contributed by atoms with Crippen LogP contribution in [0, 0.1) is 5.92 Å². The van der Waals surface area contributed by atoms with Gasteiger partial charge in [0, 0.05) is 44.0 Å². The minimum absolute atomic E-state index is 0.337. The second-order valence-corrected chi connectivity index (χ2v) is 8.08. The molecule has 0 bridgehead atoms. The quantitative estimate of drug-likeness (QED) is 0.936. The summed E-state index contributed by atoms with van der Waals surface area (Å²) in [6, 6.07) is 0.337. The van der Waals surface area contributed by atoms with E-state index < -0.39 is 0 Å². The molecule has 1 fully saturated rings. The van der Waals surface area contributed by atoms with Crippen LogP contribution in [0.5, 0.6) is 0 Å². The lowest BCUT2D eigenvalue weighted by Gasteiger charge is -2.35. The molecule has 0 aromatic carbocycles. The van der Waals surface area contributed by atoms with E-state index in [-0.39, 0.29) is 0 Å². The van der Waals surface area contributed by atoms with Gasteiger partial charge in [0.15, 0.2) is 0 Å². The van der Waals surface area contributed by atoms with Crippen molar-refractivity contribution in [3.63, 3.8) is 0 Å². The highest BCUT2D eigenvalue weighted by atomic mass is 32.1. The summed E-state index contributed by atoms with van der Waals surface area (Å²) in [5, 5.41) is 4.79. The van der Waals surface area contributed by atoms with Gasteiger partial charge in [0.2, 0.25) is 0 Å². The first kappa shape index (κ1) is 15.3. The second kappa shape index (κ2) is 6.34. The molecule has 2 aromatic heterocycles. The van der Waals surface area contributed by atoms with E-state index in [1.54, 1.807) is 0 Å². The molecule has 1 N–H and O–H groups in total. The van der Waals surface area contributed by atoms with Gasteiger partial charge in [-0.15, -0.1) is 11.3 Å². The van der Waals surface area contributed by atoms with Gasteiger partial charge in [-0.3, -0.25) is 4.90 Å². The molecule has 4 rings (SSSR count). The van der Waals surface area contributed by atoms with Gasteiger partial charge in [0.25, 0.3) is 0 Å². The molecular weight excluding hydrogens is 306 g/mol. The Morgan fingerprint density at radius 3 is 3.17 bits per heavy atom. The van der Waals surface area contributed by atoms with E-state index >= 15 is 0 Å². The summed E-state index contributed by atoms with van der Waals surface area (Å²) >= 11 is 1.94. The molecule has 2 unspecified atom stereocenters. The normalized spacial score (nSPS) is 25.5. The van der Waals surface area contributed by atoms with Crippen molar-refractivity contribution in [2.45, 2.75) is 38.8 Å². The van der Waals surface area contributed by atoms with Crippen LogP contribution in [0.25, 0.3) is 0 Å². The minimum Gasteiger partial charge on any atom is -0.337 e. The van der Waals surface area contributed by atoms with E-state index in [2.05, 4.69) is 33.7 Å². The van der Waals surface area contributed by atoms with Crippen LogP contribution in [-0.2, 0) is 26.4 Å². The number of aryl methyl sites for hydroxylation is 2. The molecule has 3 heterocycles. The molecule has 2 atom stereocenters. The van der Waals surface area contributed by atoms with Crippen LogP contribution >= 0.6 is 11.3 Å². The number of aromatic nitrogens is 3. The molecule has 23 heavy (non-hydrogen) atoms. The fourth-order valence-electron chi connectivity index (χ4n) is 3.72. The molecule has 124 valence electrons. The number of nitrogens with zero attached hydrogens (tertiary/aromatic N) is 4. The Labute approximate surface area is 141 Å². The topological polar surface area (TPSA) is 46.0 Å². The van der Waals surface area contributed by atoms with E-state index in [0.717, 1.165) is 44.3 Å². The first-order valence-electron chi connectivity index (χ1n) is 8.60. The molecule has 0 radical (unpaired) electrons. The van der Waals surface area contributed by atoms with Crippen LogP contribution in [0.15, 0.2) is 12.4 Å². The highest BCUT2D eigenvalue weighted by molar-refractivity contribution is 7.11. The molecule has 1 aliphatic heterocycles. The molecule has 6 heteroatoms. The smallest absolute Gasteiger partial charge is 0.127 e. The number of hydrogen-bond donors (Lipinski definition) is 1. The maximum absolute atomic E-state index is 4.95. The van der Waals surface area contributed by atoms with Crippen LogP contribution in [-0.4, -0.2) is 39.1 Å². The predicted octanol–water partition coefficient (Wildman–Crippen LogP) is 2.15. The van der Waals surface area contributed by atoms with Gasteiger partial charge in [-0.2, -0.15) is 0 Å². The molecule has 0 amide bonds. The van der Waals surface area contributed by atoms with E-state index in [9.17, 15) is 0 Å². The Hall–Kier alpha value is -1.24. The summed E-state index contributed by atoms with van der Waals surface area (Å²) in [6.45, 7) is 6.37. The zero-order valence-electron chi connectivity index (χ0n) is 14.0. The number of piperazine rings is 1. The average Bonchev–Trinajstić information content (AvgIpc) is 3.13. The predicted molar refractivity (Wildman–Crippen MR) is 92.5 cm³/mol. The third kappa shape index (κ3) is 3.07. The SMILES string of the molecule is CC1CCc2nc(CN3CCNCC3c3nccn3C)sc2C1. The van der Waals surface area contributed by atoms with Crippen LogP contribution in [0.4, 0.5) is 0 Å². The number of imidazole rings is 1. The molecule has 2 aromatic rings. The molecule has 1 saturated heterocycles. The second-order valence-electron chi connectivity index (χ2n) is 6.91. The molecule has 2 aliphatic rings. The van der Waals surface area contributed by atoms with Crippen LogP contribution < -0.4 is 5.32 Å². The van der Waals surface area contributed by atoms with Gasteiger partial charge in [-0.25, -0.2) is 9.97 Å². The zero-order valence-corrected chi connectivity index (χ0v) is 14.8. The van der Waals surface area contributed by atoms with Crippen LogP contribution in [0.3, 0.4) is 0 Å². The maximum Gasteiger partial charge on any atom is 0.127 e. The van der Waals surface area contributed by atoms with E-state index in [4.69, 9.17) is 4.98 Å². The number of rotatable bonds is 3. The van der Waals surface area contributed by atoms with Crippen molar-refractivity contribution in [2.75, 3.05) is 19.6 Å². The monoisotopic (exact) mass is 331 g/mol. The fourth-order valence-corrected chi connectivity index (χ4v) is 5.03. The summed E-state index contributed by atoms with van der Waals surface area (Å²) in [5.74, 6) is 1.96. The van der Waals surface area contributed by atoms with E-state index in [1.807, 2.05) is 23.7 Å². The van der Waals surface area contributed by atoms with Crippen LogP contribution in [0.2, 0.25) is 0 Å². The number of thiazole rings is 1. The largest absolute Gasteiger partial charge is 0.337 e. The molecule has 5 nitrogen and oxygen atoms in total. The lowest BCUT2D eigenvalue weighted by atomic mass is 9.93. The van der Waals surface area contributed by atoms with Gasteiger partial charge < -0.3 is 9.88 Å². The number of hydrogen-bond acceptors (Lipinski definition) is 5. The summed E-state index contributed by atoms with van der Waals surface area (Å²) in [6.07, 6.45) is 7.60. The Morgan fingerprint density at radius 1 is 1.43 bits per heavy atom. The van der Waals surface area contributed by atoms with E-state index in [0.29, 0.717) is 6.04 Å². The van der Waals surface area contributed by atoms with Crippen molar-refractivity contribution < 1.29 is 0 Å². The van der Waals surface area contributed by atoms with Crippen molar-refractivity contribution in [3.8, 4) is 0 Å². The number of fused-ring (bicyclic) bond motifs is 1. The Kier molecular flexibility index (Phi) is 4.22. The van der Waals surface area contributed by atoms with Crippen LogP contribution in [0.1, 0.15) is 40.8 Å². The van der Waals surface area contributed by atoms with Crippen molar-refractivity contribution >= 4 is 11.3 Å². The molecule has 1 aliphatic carbocycles. The van der Waals surface area contributed by atoms with E-state index in [1.165, 1.54) is 28.4 Å². The fraction of sp³-hybridized carbons (Fsp3) is 0.647. The maximum atomic E-state index is 4.95. The Bertz CT molecular complexity index is 676. The molecule has 0 saturated carbocycles. The molecular formula is C17H25N5S. The van der Waals surface area contributed by atoms with Crippen molar-refractivity contribution in [3.05, 3.63) is 33.8 Å². The summed E-state index contributed by atoms with van der Waals surface area (Å²) in [4.78, 5) is 13.6. The number of nitrogens with one attached hydrogen (secondary N) is 1. The summed E-state index contributed by atoms with van der Waals surface area (Å²) < 4.78 is 2.14. The van der Waals surface area contributed by atoms with Crippen molar-refractivity contribution in [1.82, 2.24) is 24.8 Å². The molecule has 0 spiro atoms. The van der Waals surface area contributed by atoms with Gasteiger partial charge in [0.1, 0.15) is 10.8 Å². The Balaban J connectivity index is 1.53. The third-order valence-electron chi connectivity index (χ3n) is 5.08. The first-order valence-corrected chi connectivity index (χ1v) is 9.42. The van der Waals surface area contributed by atoms with Crippen molar-refractivity contribution in [2.24, 2.45) is 13.0 Å². The standard InChI is InChI=1S/C17H25N5S/c1-12-3-4-13-15(9-12)23-16(20-13)11-22-8-5-18-10-14(22)17-19-6-7-21(17)2/h6-7,12,14,18H,3-5,8-11H2,1-2H3. The summed E-state index contributed by atoms with van der Waals surface area (Å²) in [7, 11) is 2.08. The highest BCUT2D eigenvalue weighted by Crippen LogP contribution is 2.31.